The zero-order chi connectivity index (χ0) is 2.71. The van der Waals surface area contributed by atoms with Crippen LogP contribution in [-0.4, -0.2) is 37.7 Å². The zero-order valence-corrected chi connectivity index (χ0v) is 8.31. The quantitative estimate of drug-likeness (QED) is 0.193. The average molecular weight is 145 g/mol. The fraction of sp³-hybridized carbons (Fsp3) is 0. The van der Waals surface area contributed by atoms with Gasteiger partial charge in [0, 0.05) is 0 Å². The van der Waals surface area contributed by atoms with Crippen LogP contribution < -0.4 is 42.0 Å². The molecule has 0 N–H and O–H groups in total. The number of hydrogen-bond donors (Lipinski definition) is 0. The summed E-state index contributed by atoms with van der Waals surface area (Å²) in [5.74, 6) is 0. The van der Waals surface area contributed by atoms with Gasteiger partial charge in [-0.2, -0.15) is 0 Å². The Morgan fingerprint density at radius 1 is 1.50 bits per heavy atom. The van der Waals surface area contributed by atoms with Gasteiger partial charge in [0.2, 0.25) is 0 Å². The molecule has 0 heterocycles. The van der Waals surface area contributed by atoms with E-state index in [2.05, 4.69) is 0 Å². The Balaban J connectivity index is -0.00000000667. The summed E-state index contributed by atoms with van der Waals surface area (Å²) >= 11 is 0. The summed E-state index contributed by atoms with van der Waals surface area (Å²) in [6.45, 7) is 0. The normalized spacial score (nSPS) is 2.00. The molecule has 0 aliphatic heterocycles. The van der Waals surface area contributed by atoms with E-state index in [0.29, 0.717) is 0 Å². The molecule has 0 aromatic rings. The maximum Gasteiger partial charge on any atom is 2.00 e. The molecule has 0 atom stereocenters. The maximum atomic E-state index is 8.00. The molecule has 3 nitrogen and oxygen atoms in total. The molecule has 0 aliphatic carbocycles. The van der Waals surface area contributed by atoms with Crippen LogP contribution in [0.25, 0.3) is 0 Å². The van der Waals surface area contributed by atoms with Crippen molar-refractivity contribution < 1.29 is 42.0 Å². The van der Waals surface area contributed by atoms with Crippen molar-refractivity contribution in [2.45, 2.75) is 0 Å². The monoisotopic (exact) mass is 144 g/mol. The zero-order valence-electron chi connectivity index (χ0n) is 3.35. The number of halogens is 1. The summed E-state index contributed by atoms with van der Waals surface area (Å²) in [6.07, 6.45) is 0. The maximum absolute atomic E-state index is 8.00. The van der Waals surface area contributed by atoms with E-state index >= 15 is 0 Å². The van der Waals surface area contributed by atoms with Gasteiger partial charge in [-0.3, -0.25) is 0 Å². The van der Waals surface area contributed by atoms with Crippen LogP contribution in [0.15, 0.2) is 5.34 Å². The molecule has 0 radical (unpaired) electrons. The molecule has 6 heavy (non-hydrogen) atoms. The van der Waals surface area contributed by atoms with Crippen LogP contribution >= 0.6 is 0 Å². The van der Waals surface area contributed by atoms with Crippen LogP contribution in [0, 0.1) is 10.1 Å². The Morgan fingerprint density at radius 2 is 1.50 bits per heavy atom. The van der Waals surface area contributed by atoms with Crippen LogP contribution in [0.1, 0.15) is 0 Å². The van der Waals surface area contributed by atoms with Gasteiger partial charge in [-0.1, -0.05) is 0 Å². The van der Waals surface area contributed by atoms with Crippen molar-refractivity contribution in [3.8, 4) is 0 Å². The molecule has 6 heteroatoms. The van der Waals surface area contributed by atoms with Crippen LogP contribution in [0.5, 0.6) is 0 Å². The topological polar surface area (TPSA) is 52.5 Å². The largest absolute Gasteiger partial charge is 2.00 e. The van der Waals surface area contributed by atoms with E-state index in [4.69, 9.17) is 10.1 Å². The first kappa shape index (κ1) is 24.6. The van der Waals surface area contributed by atoms with Crippen LogP contribution in [0.4, 0.5) is 0 Å². The molecule has 0 spiro atoms. The molecule has 0 saturated heterocycles. The van der Waals surface area contributed by atoms with Crippen molar-refractivity contribution in [2.24, 2.45) is 5.34 Å². The summed E-state index contributed by atoms with van der Waals surface area (Å²) in [5.41, 5.74) is 0. The SMILES string of the molecule is O=N[O-].[Ca+2].[Cl-].[Na+]. The van der Waals surface area contributed by atoms with Crippen LogP contribution in [0.2, 0.25) is 0 Å². The molecular formula is CaClNNaO2+. The van der Waals surface area contributed by atoms with Gasteiger partial charge in [-0.15, -0.1) is 5.34 Å². The average Bonchev–Trinajstić information content (AvgIpc) is 0.918. The molecule has 0 aromatic carbocycles. The fourth-order valence-corrected chi connectivity index (χ4v) is 0. The molecular weight excluding hydrogens is 145 g/mol. The minimum absolute atomic E-state index is 0. The Kier molecular flexibility index (Phi) is 116. The molecule has 0 saturated carbocycles. The van der Waals surface area contributed by atoms with E-state index in [1.54, 1.807) is 0 Å². The first-order chi connectivity index (χ1) is 1.41. The third-order valence-corrected chi connectivity index (χ3v) is 0. The van der Waals surface area contributed by atoms with E-state index in [-0.39, 0.29) is 79.7 Å². The number of rotatable bonds is 0. The number of hydrogen-bond acceptors (Lipinski definition) is 3. The summed E-state index contributed by atoms with van der Waals surface area (Å²) in [5, 5.41) is 9.00. The van der Waals surface area contributed by atoms with Crippen LogP contribution in [-0.2, 0) is 0 Å². The smallest absolute Gasteiger partial charge is 1.00 e. The van der Waals surface area contributed by atoms with Gasteiger partial charge < -0.3 is 22.5 Å². The number of nitrogens with zero attached hydrogens (tertiary/aromatic N) is 1. The fourth-order valence-electron chi connectivity index (χ4n) is 0. The van der Waals surface area contributed by atoms with Crippen molar-refractivity contribution in [2.75, 3.05) is 0 Å². The Labute approximate surface area is 93.5 Å². The van der Waals surface area contributed by atoms with Gasteiger partial charge in [0.15, 0.2) is 0 Å². The Bertz CT molecular complexity index is 21.0. The van der Waals surface area contributed by atoms with E-state index in [0.717, 1.165) is 5.34 Å². The first-order valence-corrected chi connectivity index (χ1v) is 0.365. The van der Waals surface area contributed by atoms with Gasteiger partial charge in [0.05, 0.1) is 0 Å². The second kappa shape index (κ2) is 28.3. The summed E-state index contributed by atoms with van der Waals surface area (Å²) in [4.78, 5) is 8.00. The molecule has 0 aromatic heterocycles. The second-order valence-corrected chi connectivity index (χ2v) is 0.0745. The molecule has 0 aliphatic rings. The van der Waals surface area contributed by atoms with Gasteiger partial charge in [0.1, 0.15) is 0 Å². The minimum Gasteiger partial charge on any atom is -1.00 e. The summed E-state index contributed by atoms with van der Waals surface area (Å²) < 4.78 is 0. The van der Waals surface area contributed by atoms with E-state index in [9.17, 15) is 0 Å². The van der Waals surface area contributed by atoms with Gasteiger partial charge in [-0.05, 0) is 0 Å². The van der Waals surface area contributed by atoms with Crippen molar-refractivity contribution in [1.29, 1.82) is 0 Å². The van der Waals surface area contributed by atoms with Crippen molar-refractivity contribution in [3.05, 3.63) is 10.1 Å². The van der Waals surface area contributed by atoms with Gasteiger partial charge in [0.25, 0.3) is 0 Å². The third kappa shape index (κ3) is 38.3. The third-order valence-electron chi connectivity index (χ3n) is 0. The predicted molar refractivity (Wildman–Crippen MR) is 14.9 cm³/mol. The second-order valence-electron chi connectivity index (χ2n) is 0.0745. The molecule has 0 bridgehead atoms. The van der Waals surface area contributed by atoms with E-state index < -0.39 is 0 Å². The van der Waals surface area contributed by atoms with Gasteiger partial charge >= 0.3 is 67.3 Å². The molecule has 0 amide bonds. The van der Waals surface area contributed by atoms with Gasteiger partial charge in [-0.25, -0.2) is 0 Å². The summed E-state index contributed by atoms with van der Waals surface area (Å²) in [7, 11) is 0. The van der Waals surface area contributed by atoms with E-state index in [1.807, 2.05) is 0 Å². The predicted octanol–water partition coefficient (Wildman–Crippen LogP) is -6.12. The molecule has 0 rings (SSSR count). The van der Waals surface area contributed by atoms with Crippen LogP contribution in [0.3, 0.4) is 0 Å². The van der Waals surface area contributed by atoms with Crippen molar-refractivity contribution >= 4 is 37.7 Å². The summed E-state index contributed by atoms with van der Waals surface area (Å²) in [6, 6.07) is 0. The first-order valence-electron chi connectivity index (χ1n) is 0.365. The van der Waals surface area contributed by atoms with E-state index in [1.165, 1.54) is 0 Å². The molecule has 26 valence electrons. The standard InChI is InChI=1S/Ca.ClH.HNO2.Na/c;;2-1-3;/h;1H;(H,2,3);/q+2;;;+1/p-2. The Morgan fingerprint density at radius 3 is 1.50 bits per heavy atom. The Hall–Kier alpha value is 1.95. The van der Waals surface area contributed by atoms with Crippen molar-refractivity contribution in [1.82, 2.24) is 0 Å². The minimum atomic E-state index is 0. The molecule has 0 unspecified atom stereocenters. The molecule has 0 fully saturated rings. The van der Waals surface area contributed by atoms with Crippen molar-refractivity contribution in [3.63, 3.8) is 0 Å².